The summed E-state index contributed by atoms with van der Waals surface area (Å²) in [6.07, 6.45) is 4.28. The molecule has 2 heterocycles. The number of urea groups is 1. The Kier molecular flexibility index (Phi) is 4.27. The number of imide groups is 1. The molecule has 0 bridgehead atoms. The molecule has 0 spiro atoms. The SMILES string of the molecule is CC1(c2ccc3c(c2)OCO3)NC(=O)N(CC(=O)c2ccc3c(c2)CCCC3)C1=O. The number of nitrogens with zero attached hydrogens (tertiary/aromatic N) is 1. The zero-order valence-electron chi connectivity index (χ0n) is 16.7. The number of fused-ring (bicyclic) bond motifs is 2. The summed E-state index contributed by atoms with van der Waals surface area (Å²) in [5, 5.41) is 2.73. The van der Waals surface area contributed by atoms with Gasteiger partial charge in [-0.15, -0.1) is 0 Å². The van der Waals surface area contributed by atoms with Crippen LogP contribution in [0.2, 0.25) is 0 Å². The van der Waals surface area contributed by atoms with E-state index in [9.17, 15) is 14.4 Å². The first-order valence-corrected chi connectivity index (χ1v) is 10.1. The third kappa shape index (κ3) is 2.93. The number of hydrogen-bond acceptors (Lipinski definition) is 5. The van der Waals surface area contributed by atoms with Gasteiger partial charge < -0.3 is 14.8 Å². The average Bonchev–Trinajstić information content (AvgIpc) is 3.31. The minimum Gasteiger partial charge on any atom is -0.454 e. The zero-order valence-corrected chi connectivity index (χ0v) is 16.7. The summed E-state index contributed by atoms with van der Waals surface area (Å²) >= 11 is 0. The Morgan fingerprint density at radius 3 is 2.63 bits per heavy atom. The van der Waals surface area contributed by atoms with E-state index in [-0.39, 0.29) is 19.1 Å². The van der Waals surface area contributed by atoms with Gasteiger partial charge in [-0.2, -0.15) is 0 Å². The number of nitrogens with one attached hydrogen (secondary N) is 1. The molecule has 1 atom stereocenters. The molecule has 2 aliphatic heterocycles. The Morgan fingerprint density at radius 2 is 1.80 bits per heavy atom. The molecule has 154 valence electrons. The largest absolute Gasteiger partial charge is 0.454 e. The number of carbonyl (C=O) groups is 3. The maximum atomic E-state index is 13.2. The molecule has 1 unspecified atom stereocenters. The molecule has 1 saturated heterocycles. The fraction of sp³-hybridized carbons (Fsp3) is 0.348. The highest BCUT2D eigenvalue weighted by molar-refractivity contribution is 6.11. The van der Waals surface area contributed by atoms with Crippen molar-refractivity contribution in [3.8, 4) is 11.5 Å². The maximum absolute atomic E-state index is 13.2. The Morgan fingerprint density at radius 1 is 1.03 bits per heavy atom. The molecule has 0 saturated carbocycles. The van der Waals surface area contributed by atoms with E-state index in [1.54, 1.807) is 31.2 Å². The van der Waals surface area contributed by atoms with Crippen molar-refractivity contribution in [3.63, 3.8) is 0 Å². The lowest BCUT2D eigenvalue weighted by Crippen LogP contribution is -2.41. The molecule has 1 N–H and O–H groups in total. The molecule has 3 aliphatic rings. The molecule has 5 rings (SSSR count). The Balaban J connectivity index is 1.37. The van der Waals surface area contributed by atoms with Gasteiger partial charge in [0.2, 0.25) is 6.79 Å². The summed E-state index contributed by atoms with van der Waals surface area (Å²) in [4.78, 5) is 39.6. The maximum Gasteiger partial charge on any atom is 0.325 e. The van der Waals surface area contributed by atoms with Gasteiger partial charge in [-0.05, 0) is 67.5 Å². The second kappa shape index (κ2) is 6.86. The predicted octanol–water partition coefficient (Wildman–Crippen LogP) is 2.94. The number of carbonyl (C=O) groups excluding carboxylic acids is 3. The standard InChI is InChI=1S/C23H22N2O5/c1-23(17-8-9-19-20(11-17)30-13-29-19)21(27)25(22(28)24-23)12-18(26)16-7-6-14-4-2-3-5-15(14)10-16/h6-11H,2-5,12-13H2,1H3,(H,24,28). The second-order valence-electron chi connectivity index (χ2n) is 8.13. The Labute approximate surface area is 174 Å². The number of ether oxygens (including phenoxy) is 2. The topological polar surface area (TPSA) is 84.9 Å². The summed E-state index contributed by atoms with van der Waals surface area (Å²) in [5.41, 5.74) is 2.31. The number of ketones is 1. The summed E-state index contributed by atoms with van der Waals surface area (Å²) in [6.45, 7) is 1.47. The molecule has 2 aromatic rings. The van der Waals surface area contributed by atoms with Gasteiger partial charge in [-0.3, -0.25) is 14.5 Å². The van der Waals surface area contributed by atoms with Gasteiger partial charge in [-0.25, -0.2) is 4.79 Å². The number of Topliss-reactive ketones (excluding diaryl/α,β-unsaturated/α-hetero) is 1. The molecule has 2 aromatic carbocycles. The highest BCUT2D eigenvalue weighted by Crippen LogP contribution is 2.38. The lowest BCUT2D eigenvalue weighted by atomic mass is 9.89. The summed E-state index contributed by atoms with van der Waals surface area (Å²) in [5.74, 6) is 0.414. The fourth-order valence-corrected chi connectivity index (χ4v) is 4.39. The number of rotatable bonds is 4. The van der Waals surface area contributed by atoms with Crippen LogP contribution in [0, 0.1) is 0 Å². The van der Waals surface area contributed by atoms with Crippen LogP contribution in [-0.4, -0.2) is 36.0 Å². The highest BCUT2D eigenvalue weighted by atomic mass is 16.7. The molecule has 0 aromatic heterocycles. The first-order valence-electron chi connectivity index (χ1n) is 10.1. The van der Waals surface area contributed by atoms with Crippen LogP contribution in [0.1, 0.15) is 46.8 Å². The lowest BCUT2D eigenvalue weighted by Gasteiger charge is -2.22. The van der Waals surface area contributed by atoms with E-state index >= 15 is 0 Å². The Bertz CT molecular complexity index is 1080. The van der Waals surface area contributed by atoms with Crippen LogP contribution in [-0.2, 0) is 23.2 Å². The van der Waals surface area contributed by atoms with Crippen LogP contribution >= 0.6 is 0 Å². The van der Waals surface area contributed by atoms with Gasteiger partial charge in [0.05, 0.1) is 6.54 Å². The van der Waals surface area contributed by atoms with Gasteiger partial charge in [0.25, 0.3) is 5.91 Å². The highest BCUT2D eigenvalue weighted by Gasteiger charge is 2.49. The van der Waals surface area contributed by atoms with Crippen molar-refractivity contribution in [2.24, 2.45) is 0 Å². The van der Waals surface area contributed by atoms with Crippen molar-refractivity contribution in [1.82, 2.24) is 10.2 Å². The fourth-order valence-electron chi connectivity index (χ4n) is 4.39. The van der Waals surface area contributed by atoms with Gasteiger partial charge in [0, 0.05) is 5.56 Å². The summed E-state index contributed by atoms with van der Waals surface area (Å²) in [6, 6.07) is 10.2. The molecule has 7 heteroatoms. The number of aryl methyl sites for hydroxylation is 2. The van der Waals surface area contributed by atoms with E-state index in [1.807, 2.05) is 12.1 Å². The van der Waals surface area contributed by atoms with Gasteiger partial charge in [0.15, 0.2) is 17.3 Å². The van der Waals surface area contributed by atoms with Crippen LogP contribution in [0.4, 0.5) is 4.79 Å². The lowest BCUT2D eigenvalue weighted by molar-refractivity contribution is -0.130. The van der Waals surface area contributed by atoms with E-state index in [0.29, 0.717) is 22.6 Å². The smallest absolute Gasteiger partial charge is 0.325 e. The van der Waals surface area contributed by atoms with Crippen LogP contribution in [0.15, 0.2) is 36.4 Å². The molecule has 1 aliphatic carbocycles. The number of hydrogen-bond donors (Lipinski definition) is 1. The first kappa shape index (κ1) is 18.7. The van der Waals surface area contributed by atoms with Crippen molar-refractivity contribution < 1.29 is 23.9 Å². The minimum atomic E-state index is -1.27. The molecule has 3 amide bonds. The second-order valence-corrected chi connectivity index (χ2v) is 8.13. The van der Waals surface area contributed by atoms with Crippen LogP contribution in [0.25, 0.3) is 0 Å². The van der Waals surface area contributed by atoms with Crippen LogP contribution < -0.4 is 14.8 Å². The molecule has 7 nitrogen and oxygen atoms in total. The summed E-state index contributed by atoms with van der Waals surface area (Å²) in [7, 11) is 0. The van der Waals surface area contributed by atoms with Crippen molar-refractivity contribution in [3.05, 3.63) is 58.7 Å². The summed E-state index contributed by atoms with van der Waals surface area (Å²) < 4.78 is 10.7. The molecule has 0 radical (unpaired) electrons. The third-order valence-electron chi connectivity index (χ3n) is 6.20. The van der Waals surface area contributed by atoms with Gasteiger partial charge in [0.1, 0.15) is 5.54 Å². The van der Waals surface area contributed by atoms with Crippen molar-refractivity contribution in [1.29, 1.82) is 0 Å². The molecule has 1 fully saturated rings. The predicted molar refractivity (Wildman–Crippen MR) is 108 cm³/mol. The van der Waals surface area contributed by atoms with Gasteiger partial charge >= 0.3 is 6.03 Å². The molecular formula is C23H22N2O5. The normalized spacial score (nSPS) is 22.1. The Hall–Kier alpha value is -3.35. The first-order chi connectivity index (χ1) is 14.5. The quantitative estimate of drug-likeness (QED) is 0.623. The van der Waals surface area contributed by atoms with Crippen molar-refractivity contribution in [2.75, 3.05) is 13.3 Å². The average molecular weight is 406 g/mol. The number of amides is 3. The van der Waals surface area contributed by atoms with Crippen molar-refractivity contribution in [2.45, 2.75) is 38.1 Å². The van der Waals surface area contributed by atoms with E-state index < -0.39 is 17.5 Å². The van der Waals surface area contributed by atoms with E-state index in [4.69, 9.17) is 9.47 Å². The van der Waals surface area contributed by atoms with Crippen LogP contribution in [0.5, 0.6) is 11.5 Å². The number of benzene rings is 2. The van der Waals surface area contributed by atoms with Gasteiger partial charge in [-0.1, -0.05) is 18.2 Å². The molecule has 30 heavy (non-hydrogen) atoms. The van der Waals surface area contributed by atoms with Crippen molar-refractivity contribution >= 4 is 17.7 Å². The third-order valence-corrected chi connectivity index (χ3v) is 6.20. The minimum absolute atomic E-state index is 0.122. The monoisotopic (exact) mass is 406 g/mol. The van der Waals surface area contributed by atoms with E-state index in [2.05, 4.69) is 5.32 Å². The van der Waals surface area contributed by atoms with E-state index in [0.717, 1.165) is 24.2 Å². The zero-order chi connectivity index (χ0) is 20.9. The van der Waals surface area contributed by atoms with E-state index in [1.165, 1.54) is 17.5 Å². The van der Waals surface area contributed by atoms with Crippen LogP contribution in [0.3, 0.4) is 0 Å². The molecular weight excluding hydrogens is 384 g/mol.